The summed E-state index contributed by atoms with van der Waals surface area (Å²) in [7, 11) is 3.60. The molecule has 3 atom stereocenters. The maximum Gasteiger partial charge on any atom is 0.127 e. The maximum atomic E-state index is 5.80. The molecule has 4 heteroatoms. The van der Waals surface area contributed by atoms with Gasteiger partial charge >= 0.3 is 0 Å². The van der Waals surface area contributed by atoms with Gasteiger partial charge in [0, 0.05) is 37.1 Å². The van der Waals surface area contributed by atoms with Gasteiger partial charge in [0.05, 0.1) is 39.3 Å². The molecular weight excluding hydrogens is 432 g/mol. The minimum atomic E-state index is 0.536. The van der Waals surface area contributed by atoms with Gasteiger partial charge in [-0.05, 0) is 29.7 Å². The Bertz CT molecular complexity index is 1160. The van der Waals surface area contributed by atoms with E-state index in [-0.39, 0.29) is 0 Å². The summed E-state index contributed by atoms with van der Waals surface area (Å²) in [4.78, 5) is 2.80. The van der Waals surface area contributed by atoms with Crippen LogP contribution in [0.4, 0.5) is 0 Å². The Morgan fingerprint density at radius 2 is 1.37 bits per heavy atom. The number of ether oxygens (including phenoxy) is 2. The van der Waals surface area contributed by atoms with E-state index < -0.39 is 0 Å². The van der Waals surface area contributed by atoms with Gasteiger partial charge in [-0.3, -0.25) is 4.90 Å². The highest BCUT2D eigenvalue weighted by Gasteiger charge is 2.62. The van der Waals surface area contributed by atoms with Crippen LogP contribution in [-0.4, -0.2) is 55.3 Å². The molecule has 0 aromatic heterocycles. The van der Waals surface area contributed by atoms with Crippen molar-refractivity contribution >= 4 is 0 Å². The van der Waals surface area contributed by atoms with Gasteiger partial charge in [-0.1, -0.05) is 60.7 Å². The van der Waals surface area contributed by atoms with Crippen molar-refractivity contribution in [3.63, 3.8) is 0 Å². The summed E-state index contributed by atoms with van der Waals surface area (Å²) in [6.07, 6.45) is 2.64. The van der Waals surface area contributed by atoms with Crippen LogP contribution in [-0.2, 0) is 13.1 Å². The lowest BCUT2D eigenvalue weighted by Gasteiger charge is -2.58. The molecule has 0 saturated carbocycles. The minimum absolute atomic E-state index is 0.536. The molecule has 0 unspecified atom stereocenters. The molecule has 2 bridgehead atoms. The van der Waals surface area contributed by atoms with Gasteiger partial charge in [0.15, 0.2) is 0 Å². The van der Waals surface area contributed by atoms with Gasteiger partial charge in [0.2, 0.25) is 0 Å². The largest absolute Gasteiger partial charge is 0.496 e. The van der Waals surface area contributed by atoms with Crippen LogP contribution in [0.5, 0.6) is 11.5 Å². The summed E-state index contributed by atoms with van der Waals surface area (Å²) < 4.78 is 12.7. The van der Waals surface area contributed by atoms with E-state index in [1.54, 1.807) is 14.2 Å². The lowest BCUT2D eigenvalue weighted by molar-refractivity contribution is -0.979. The van der Waals surface area contributed by atoms with E-state index in [4.69, 9.17) is 9.47 Å². The topological polar surface area (TPSA) is 21.7 Å². The van der Waals surface area contributed by atoms with Crippen LogP contribution in [0, 0.1) is 5.92 Å². The summed E-state index contributed by atoms with van der Waals surface area (Å²) in [5, 5.41) is 0. The average molecular weight is 470 g/mol. The Morgan fingerprint density at radius 1 is 0.771 bits per heavy atom. The molecule has 4 saturated heterocycles. The Kier molecular flexibility index (Phi) is 6.03. The first-order valence-corrected chi connectivity index (χ1v) is 13.1. The molecule has 0 spiro atoms. The zero-order valence-corrected chi connectivity index (χ0v) is 21.0. The second kappa shape index (κ2) is 9.33. The van der Waals surface area contributed by atoms with Crippen LogP contribution < -0.4 is 9.47 Å². The summed E-state index contributed by atoms with van der Waals surface area (Å²) in [6, 6.07) is 29.7. The molecule has 4 fully saturated rings. The van der Waals surface area contributed by atoms with Gasteiger partial charge in [-0.15, -0.1) is 0 Å². The molecular formula is C31H37N2O2+. The van der Waals surface area contributed by atoms with E-state index in [0.717, 1.165) is 37.1 Å². The monoisotopic (exact) mass is 469 g/mol. The molecule has 0 aliphatic carbocycles. The number of hydrogen-bond donors (Lipinski definition) is 0. The Labute approximate surface area is 209 Å². The number of benzene rings is 3. The van der Waals surface area contributed by atoms with E-state index in [9.17, 15) is 0 Å². The average Bonchev–Trinajstić information content (AvgIpc) is 3.32. The first kappa shape index (κ1) is 22.6. The van der Waals surface area contributed by atoms with E-state index >= 15 is 0 Å². The van der Waals surface area contributed by atoms with E-state index in [1.165, 1.54) is 47.1 Å². The number of piperidine rings is 3. The molecule has 4 nitrogen and oxygen atoms in total. The molecule has 3 aromatic rings. The van der Waals surface area contributed by atoms with Crippen LogP contribution in [0.1, 0.15) is 35.4 Å². The van der Waals surface area contributed by atoms with Gasteiger partial charge in [0.25, 0.3) is 0 Å². The third-order valence-corrected chi connectivity index (χ3v) is 9.09. The fraction of sp³-hybridized carbons (Fsp3) is 0.419. The lowest BCUT2D eigenvalue weighted by atomic mass is 9.72. The van der Waals surface area contributed by atoms with Crippen molar-refractivity contribution < 1.29 is 14.0 Å². The molecule has 4 aliphatic heterocycles. The fourth-order valence-electron chi connectivity index (χ4n) is 7.62. The molecule has 0 radical (unpaired) electrons. The number of methoxy groups -OCH3 is 2. The number of hydrogen-bond acceptors (Lipinski definition) is 3. The van der Waals surface area contributed by atoms with Gasteiger partial charge in [0.1, 0.15) is 24.1 Å². The molecule has 0 amide bonds. The van der Waals surface area contributed by atoms with Crippen LogP contribution in [0.15, 0.2) is 78.9 Å². The van der Waals surface area contributed by atoms with Crippen LogP contribution in [0.3, 0.4) is 0 Å². The quantitative estimate of drug-likeness (QED) is 0.428. The van der Waals surface area contributed by atoms with Gasteiger partial charge < -0.3 is 14.0 Å². The minimum Gasteiger partial charge on any atom is -0.496 e. The number of quaternary nitrogens is 1. The number of fused-ring (bicyclic) bond motifs is 2. The van der Waals surface area contributed by atoms with E-state index in [2.05, 4.69) is 83.8 Å². The zero-order valence-electron chi connectivity index (χ0n) is 21.0. The second-order valence-electron chi connectivity index (χ2n) is 10.7. The highest BCUT2D eigenvalue weighted by molar-refractivity contribution is 5.35. The number of rotatable bonds is 7. The smallest absolute Gasteiger partial charge is 0.127 e. The van der Waals surface area contributed by atoms with Crippen molar-refractivity contribution in [3.05, 3.63) is 95.6 Å². The predicted octanol–water partition coefficient (Wildman–Crippen LogP) is 5.48. The highest BCUT2D eigenvalue weighted by atomic mass is 16.5. The Hall–Kier alpha value is -2.82. The lowest BCUT2D eigenvalue weighted by Crippen LogP contribution is -2.70. The molecule has 0 N–H and O–H groups in total. The predicted molar refractivity (Wildman–Crippen MR) is 140 cm³/mol. The molecule has 35 heavy (non-hydrogen) atoms. The Balaban J connectivity index is 1.40. The van der Waals surface area contributed by atoms with Gasteiger partial charge in [-0.2, -0.15) is 0 Å². The summed E-state index contributed by atoms with van der Waals surface area (Å²) >= 11 is 0. The summed E-state index contributed by atoms with van der Waals surface area (Å²) in [5.41, 5.74) is 4.15. The Morgan fingerprint density at radius 3 is 2.06 bits per heavy atom. The van der Waals surface area contributed by atoms with Crippen molar-refractivity contribution in [1.82, 2.24) is 4.90 Å². The van der Waals surface area contributed by atoms with Crippen molar-refractivity contribution in [2.45, 2.75) is 43.9 Å². The summed E-state index contributed by atoms with van der Waals surface area (Å²) in [6.45, 7) is 5.68. The SMILES string of the molecule is COc1ccccc1CN1C[C@@H](c2ccccc2)[C@H]2[C@@H]1C1CC[N+]2(Cc2ccccc2OC)CC1. The van der Waals surface area contributed by atoms with Crippen LogP contribution in [0.25, 0.3) is 0 Å². The highest BCUT2D eigenvalue weighted by Crippen LogP contribution is 2.52. The van der Waals surface area contributed by atoms with Crippen molar-refractivity contribution in [1.29, 1.82) is 0 Å². The normalized spacial score (nSPS) is 29.7. The third kappa shape index (κ3) is 3.93. The van der Waals surface area contributed by atoms with E-state index in [1.807, 2.05) is 0 Å². The number of nitrogens with zero attached hydrogens (tertiary/aromatic N) is 2. The zero-order chi connectivity index (χ0) is 23.8. The number of likely N-dealkylation sites (tertiary alicyclic amines) is 1. The first-order valence-electron chi connectivity index (χ1n) is 13.1. The summed E-state index contributed by atoms with van der Waals surface area (Å²) in [5.74, 6) is 3.35. The standard InChI is InChI=1S/C31H37N2O2/c1-34-28-14-8-6-12-25(28)20-32-21-27(23-10-4-3-5-11-23)31-30(32)24-16-18-33(31,19-17-24)22-26-13-7-9-15-29(26)35-2/h3-15,24,27,30-31H,16-22H2,1-2H3/q+1/t24?,27-,30-,31-,33?/m0/s1. The van der Waals surface area contributed by atoms with Crippen molar-refractivity contribution in [2.24, 2.45) is 5.92 Å². The van der Waals surface area contributed by atoms with E-state index in [0.29, 0.717) is 18.0 Å². The number of para-hydroxylation sites is 2. The van der Waals surface area contributed by atoms with Crippen molar-refractivity contribution in [2.75, 3.05) is 33.9 Å². The van der Waals surface area contributed by atoms with Gasteiger partial charge in [-0.25, -0.2) is 0 Å². The molecule has 3 aromatic carbocycles. The fourth-order valence-corrected chi connectivity index (χ4v) is 7.62. The molecule has 4 heterocycles. The molecule has 4 aliphatic rings. The molecule has 7 rings (SSSR count). The van der Waals surface area contributed by atoms with Crippen LogP contribution >= 0.6 is 0 Å². The maximum absolute atomic E-state index is 5.80. The second-order valence-corrected chi connectivity index (χ2v) is 10.7. The third-order valence-electron chi connectivity index (χ3n) is 9.09. The first-order chi connectivity index (χ1) is 17.2. The van der Waals surface area contributed by atoms with Crippen LogP contribution in [0.2, 0.25) is 0 Å². The molecule has 182 valence electrons. The van der Waals surface area contributed by atoms with Crippen molar-refractivity contribution in [3.8, 4) is 11.5 Å².